The molecule has 1 aliphatic heterocycles. The predicted octanol–water partition coefficient (Wildman–Crippen LogP) is 2.24. The highest BCUT2D eigenvalue weighted by Crippen LogP contribution is 2.19. The summed E-state index contributed by atoms with van der Waals surface area (Å²) < 4.78 is 19.6. The van der Waals surface area contributed by atoms with E-state index in [1.54, 1.807) is 18.1 Å². The molecule has 0 unspecified atom stereocenters. The maximum atomic E-state index is 12.9. The fourth-order valence-corrected chi connectivity index (χ4v) is 3.18. The van der Waals surface area contributed by atoms with Gasteiger partial charge in [-0.3, -0.25) is 9.48 Å². The van der Waals surface area contributed by atoms with Crippen LogP contribution in [0.3, 0.4) is 0 Å². The molecule has 0 radical (unpaired) electrons. The van der Waals surface area contributed by atoms with Crippen LogP contribution in [0, 0.1) is 11.7 Å². The molecule has 9 heteroatoms. The van der Waals surface area contributed by atoms with Gasteiger partial charge in [0.25, 0.3) is 5.91 Å². The molecule has 0 spiro atoms. The number of methoxy groups -OCH3 is 1. The Labute approximate surface area is 162 Å². The van der Waals surface area contributed by atoms with Crippen LogP contribution in [0.4, 0.5) is 14.9 Å². The van der Waals surface area contributed by atoms with Gasteiger partial charge in [-0.05, 0) is 43.0 Å². The zero-order chi connectivity index (χ0) is 20.1. The van der Waals surface area contributed by atoms with Crippen molar-refractivity contribution in [2.24, 2.45) is 13.0 Å². The number of rotatable bonds is 5. The van der Waals surface area contributed by atoms with Gasteiger partial charge in [-0.2, -0.15) is 0 Å². The van der Waals surface area contributed by atoms with Crippen molar-refractivity contribution in [1.82, 2.24) is 20.0 Å². The number of piperidine rings is 1. The molecule has 1 saturated heterocycles. The molecule has 3 rings (SSSR count). The Kier molecular flexibility index (Phi) is 6.13. The van der Waals surface area contributed by atoms with Crippen LogP contribution in [-0.2, 0) is 7.05 Å². The van der Waals surface area contributed by atoms with Crippen LogP contribution in [0.1, 0.15) is 23.2 Å². The Balaban J connectivity index is 1.44. The molecule has 1 aromatic carbocycles. The van der Waals surface area contributed by atoms with Gasteiger partial charge in [-0.25, -0.2) is 9.18 Å². The molecule has 28 heavy (non-hydrogen) atoms. The minimum absolute atomic E-state index is 0.200. The quantitative estimate of drug-likeness (QED) is 0.821. The van der Waals surface area contributed by atoms with Gasteiger partial charge in [0.15, 0.2) is 0 Å². The van der Waals surface area contributed by atoms with Crippen molar-refractivity contribution >= 4 is 17.6 Å². The lowest BCUT2D eigenvalue weighted by Crippen LogP contribution is -2.43. The third kappa shape index (κ3) is 4.79. The number of hydrogen-bond acceptors (Lipinski definition) is 4. The van der Waals surface area contributed by atoms with Gasteiger partial charge < -0.3 is 20.3 Å². The van der Waals surface area contributed by atoms with E-state index >= 15 is 0 Å². The van der Waals surface area contributed by atoms with Crippen LogP contribution in [0.2, 0.25) is 0 Å². The Bertz CT molecular complexity index is 829. The molecule has 0 saturated carbocycles. The van der Waals surface area contributed by atoms with Crippen molar-refractivity contribution < 1.29 is 18.7 Å². The second kappa shape index (κ2) is 8.73. The van der Waals surface area contributed by atoms with Crippen molar-refractivity contribution in [3.8, 4) is 5.88 Å². The first kappa shape index (κ1) is 19.7. The zero-order valence-corrected chi connectivity index (χ0v) is 15.9. The normalized spacial score (nSPS) is 14.6. The number of ether oxygens (including phenoxy) is 1. The van der Waals surface area contributed by atoms with Crippen molar-refractivity contribution in [2.45, 2.75) is 12.8 Å². The number of carbonyl (C=O) groups excluding carboxylic acids is 2. The van der Waals surface area contributed by atoms with E-state index in [0.29, 0.717) is 42.7 Å². The van der Waals surface area contributed by atoms with E-state index in [1.165, 1.54) is 36.1 Å². The number of nitrogens with zero attached hydrogens (tertiary/aromatic N) is 3. The lowest BCUT2D eigenvalue weighted by Gasteiger charge is -2.32. The Morgan fingerprint density at radius 3 is 2.57 bits per heavy atom. The number of amides is 3. The third-order valence-electron chi connectivity index (χ3n) is 4.78. The summed E-state index contributed by atoms with van der Waals surface area (Å²) in [5, 5.41) is 9.76. The van der Waals surface area contributed by atoms with Crippen molar-refractivity contribution in [3.05, 3.63) is 41.8 Å². The number of halogens is 1. The van der Waals surface area contributed by atoms with Crippen LogP contribution >= 0.6 is 0 Å². The van der Waals surface area contributed by atoms with E-state index in [2.05, 4.69) is 15.7 Å². The number of urea groups is 1. The Hall–Kier alpha value is -3.10. The standard InChI is InChI=1S/C19H24FN5O3/c1-24-12-16(18(23-24)28-2)17(26)21-11-13-7-9-25(10-8-13)19(27)22-15-5-3-14(20)4-6-15/h3-6,12-13H,7-11H2,1-2H3,(H,21,26)(H,22,27). The smallest absolute Gasteiger partial charge is 0.321 e. The number of likely N-dealkylation sites (tertiary alicyclic amines) is 1. The number of benzene rings is 1. The molecule has 1 aromatic heterocycles. The summed E-state index contributed by atoms with van der Waals surface area (Å²) in [4.78, 5) is 26.4. The minimum Gasteiger partial charge on any atom is -0.479 e. The monoisotopic (exact) mass is 389 g/mol. The van der Waals surface area contributed by atoms with Crippen molar-refractivity contribution in [1.29, 1.82) is 0 Å². The molecule has 1 aliphatic rings. The molecule has 0 atom stereocenters. The Morgan fingerprint density at radius 2 is 1.93 bits per heavy atom. The maximum Gasteiger partial charge on any atom is 0.321 e. The number of aryl methyl sites for hydroxylation is 1. The molecule has 0 aliphatic carbocycles. The highest BCUT2D eigenvalue weighted by Gasteiger charge is 2.24. The molecule has 3 amide bonds. The molecule has 0 bridgehead atoms. The number of anilines is 1. The molecule has 8 nitrogen and oxygen atoms in total. The third-order valence-corrected chi connectivity index (χ3v) is 4.78. The van der Waals surface area contributed by atoms with Gasteiger partial charge >= 0.3 is 6.03 Å². The summed E-state index contributed by atoms with van der Waals surface area (Å²) in [6, 6.07) is 5.47. The fourth-order valence-electron chi connectivity index (χ4n) is 3.18. The van der Waals surface area contributed by atoms with Gasteiger partial charge in [0.1, 0.15) is 11.4 Å². The first-order valence-electron chi connectivity index (χ1n) is 9.13. The minimum atomic E-state index is -0.343. The highest BCUT2D eigenvalue weighted by molar-refractivity contribution is 5.96. The molecular formula is C19H24FN5O3. The van der Waals surface area contributed by atoms with Crippen LogP contribution in [-0.4, -0.2) is 53.4 Å². The zero-order valence-electron chi connectivity index (χ0n) is 15.9. The summed E-state index contributed by atoms with van der Waals surface area (Å²) in [6.45, 7) is 1.73. The number of carbonyl (C=O) groups is 2. The topological polar surface area (TPSA) is 88.5 Å². The summed E-state index contributed by atoms with van der Waals surface area (Å²) in [5.74, 6) is 0.0277. The first-order valence-corrected chi connectivity index (χ1v) is 9.13. The van der Waals surface area contributed by atoms with E-state index in [0.717, 1.165) is 12.8 Å². The van der Waals surface area contributed by atoms with Crippen LogP contribution in [0.5, 0.6) is 5.88 Å². The summed E-state index contributed by atoms with van der Waals surface area (Å²) in [7, 11) is 3.21. The van der Waals surface area contributed by atoms with E-state index in [9.17, 15) is 14.0 Å². The fraction of sp³-hybridized carbons (Fsp3) is 0.421. The van der Waals surface area contributed by atoms with Gasteiger partial charge in [0.2, 0.25) is 5.88 Å². The number of nitrogens with one attached hydrogen (secondary N) is 2. The second-order valence-electron chi connectivity index (χ2n) is 6.80. The maximum absolute atomic E-state index is 12.9. The predicted molar refractivity (Wildman–Crippen MR) is 102 cm³/mol. The van der Waals surface area contributed by atoms with E-state index in [1.807, 2.05) is 0 Å². The van der Waals surface area contributed by atoms with Crippen LogP contribution in [0.25, 0.3) is 0 Å². The number of aromatic nitrogens is 2. The van der Waals surface area contributed by atoms with E-state index < -0.39 is 0 Å². The molecular weight excluding hydrogens is 365 g/mol. The highest BCUT2D eigenvalue weighted by atomic mass is 19.1. The van der Waals surface area contributed by atoms with Gasteiger partial charge in [-0.15, -0.1) is 5.10 Å². The average molecular weight is 389 g/mol. The lowest BCUT2D eigenvalue weighted by atomic mass is 9.97. The summed E-state index contributed by atoms with van der Waals surface area (Å²) in [6.07, 6.45) is 3.21. The largest absolute Gasteiger partial charge is 0.479 e. The lowest BCUT2D eigenvalue weighted by molar-refractivity contribution is 0.0935. The summed E-state index contributed by atoms with van der Waals surface area (Å²) >= 11 is 0. The molecule has 150 valence electrons. The van der Waals surface area contributed by atoms with Gasteiger partial charge in [-0.1, -0.05) is 0 Å². The average Bonchev–Trinajstić information content (AvgIpc) is 3.09. The molecule has 2 aromatic rings. The van der Waals surface area contributed by atoms with Crippen molar-refractivity contribution in [3.63, 3.8) is 0 Å². The van der Waals surface area contributed by atoms with Crippen LogP contribution in [0.15, 0.2) is 30.5 Å². The Morgan fingerprint density at radius 1 is 1.25 bits per heavy atom. The molecule has 1 fully saturated rings. The van der Waals surface area contributed by atoms with Crippen molar-refractivity contribution in [2.75, 3.05) is 32.1 Å². The van der Waals surface area contributed by atoms with E-state index in [4.69, 9.17) is 4.74 Å². The van der Waals surface area contributed by atoms with Gasteiger partial charge in [0.05, 0.1) is 7.11 Å². The molecule has 2 N–H and O–H groups in total. The first-order chi connectivity index (χ1) is 13.5. The summed E-state index contributed by atoms with van der Waals surface area (Å²) in [5.41, 5.74) is 0.965. The van der Waals surface area contributed by atoms with E-state index in [-0.39, 0.29) is 17.8 Å². The number of hydrogen-bond donors (Lipinski definition) is 2. The SMILES string of the molecule is COc1nn(C)cc1C(=O)NCC1CCN(C(=O)Nc2ccc(F)cc2)CC1. The van der Waals surface area contributed by atoms with Crippen LogP contribution < -0.4 is 15.4 Å². The second-order valence-corrected chi connectivity index (χ2v) is 6.80. The van der Waals surface area contributed by atoms with Gasteiger partial charge in [0, 0.05) is 38.6 Å². The molecule has 2 heterocycles.